The Kier molecular flexibility index (Phi) is 4.92. The molecule has 0 aliphatic carbocycles. The summed E-state index contributed by atoms with van der Waals surface area (Å²) in [6, 6.07) is 3.90. The number of fused-ring (bicyclic) bond motifs is 1. The van der Waals surface area contributed by atoms with E-state index in [1.54, 1.807) is 0 Å². The minimum absolute atomic E-state index is 0.188. The number of nitrogens with zero attached hydrogens (tertiary/aromatic N) is 3. The molecule has 128 valence electrons. The SMILES string of the molecule is Cc1cc2nnc(C(=O)NCCN3CCOCC3)c(N)c2cc1C. The van der Waals surface area contributed by atoms with Crippen molar-refractivity contribution in [2.24, 2.45) is 0 Å². The van der Waals surface area contributed by atoms with Gasteiger partial charge in [0.2, 0.25) is 0 Å². The van der Waals surface area contributed by atoms with Crippen molar-refractivity contribution in [1.82, 2.24) is 20.4 Å². The largest absolute Gasteiger partial charge is 0.396 e. The van der Waals surface area contributed by atoms with Gasteiger partial charge in [-0.25, -0.2) is 0 Å². The Hall–Kier alpha value is -2.25. The molecule has 1 amide bonds. The van der Waals surface area contributed by atoms with Crippen LogP contribution < -0.4 is 11.1 Å². The molecule has 1 aliphatic heterocycles. The van der Waals surface area contributed by atoms with Crippen molar-refractivity contribution in [3.05, 3.63) is 29.0 Å². The molecule has 0 spiro atoms. The number of nitrogens with one attached hydrogen (secondary N) is 1. The van der Waals surface area contributed by atoms with E-state index in [2.05, 4.69) is 20.4 Å². The zero-order valence-electron chi connectivity index (χ0n) is 14.1. The molecule has 1 aliphatic rings. The fraction of sp³-hybridized carbons (Fsp3) is 0.471. The van der Waals surface area contributed by atoms with Crippen LogP contribution in [-0.2, 0) is 4.74 Å². The van der Waals surface area contributed by atoms with Gasteiger partial charge in [0.1, 0.15) is 0 Å². The summed E-state index contributed by atoms with van der Waals surface area (Å²) in [5, 5.41) is 11.8. The van der Waals surface area contributed by atoms with E-state index in [9.17, 15) is 4.79 Å². The van der Waals surface area contributed by atoms with Crippen molar-refractivity contribution in [2.75, 3.05) is 45.1 Å². The Morgan fingerprint density at radius 3 is 2.71 bits per heavy atom. The molecule has 0 radical (unpaired) electrons. The van der Waals surface area contributed by atoms with Crippen LogP contribution in [0.1, 0.15) is 21.6 Å². The number of aryl methyl sites for hydroxylation is 2. The van der Waals surface area contributed by atoms with E-state index in [4.69, 9.17) is 10.5 Å². The highest BCUT2D eigenvalue weighted by Crippen LogP contribution is 2.24. The number of benzene rings is 1. The van der Waals surface area contributed by atoms with Crippen molar-refractivity contribution in [2.45, 2.75) is 13.8 Å². The molecule has 1 fully saturated rings. The molecule has 0 saturated carbocycles. The molecule has 3 rings (SSSR count). The van der Waals surface area contributed by atoms with Gasteiger partial charge in [-0.15, -0.1) is 10.2 Å². The van der Waals surface area contributed by atoms with Gasteiger partial charge >= 0.3 is 0 Å². The van der Waals surface area contributed by atoms with Gasteiger partial charge in [0, 0.05) is 31.6 Å². The summed E-state index contributed by atoms with van der Waals surface area (Å²) in [7, 11) is 0. The molecule has 1 aromatic heterocycles. The first-order chi connectivity index (χ1) is 11.6. The normalized spacial score (nSPS) is 15.6. The van der Waals surface area contributed by atoms with Gasteiger partial charge in [0.15, 0.2) is 5.69 Å². The molecule has 1 aromatic carbocycles. The fourth-order valence-corrected chi connectivity index (χ4v) is 2.79. The number of ether oxygens (including phenoxy) is 1. The van der Waals surface area contributed by atoms with Crippen LogP contribution in [0.4, 0.5) is 5.69 Å². The molecule has 24 heavy (non-hydrogen) atoms. The Bertz CT molecular complexity index is 756. The predicted octanol–water partition coefficient (Wildman–Crippen LogP) is 0.891. The number of carbonyl (C=O) groups is 1. The summed E-state index contributed by atoms with van der Waals surface area (Å²) >= 11 is 0. The van der Waals surface area contributed by atoms with Crippen molar-refractivity contribution in [3.63, 3.8) is 0 Å². The highest BCUT2D eigenvalue weighted by atomic mass is 16.5. The Morgan fingerprint density at radius 1 is 1.25 bits per heavy atom. The maximum Gasteiger partial charge on any atom is 0.274 e. The lowest BCUT2D eigenvalue weighted by Crippen LogP contribution is -2.41. The van der Waals surface area contributed by atoms with E-state index < -0.39 is 0 Å². The Morgan fingerprint density at radius 2 is 1.96 bits per heavy atom. The maximum absolute atomic E-state index is 12.4. The summed E-state index contributed by atoms with van der Waals surface area (Å²) in [4.78, 5) is 14.6. The predicted molar refractivity (Wildman–Crippen MR) is 93.0 cm³/mol. The van der Waals surface area contributed by atoms with Crippen LogP contribution in [-0.4, -0.2) is 60.4 Å². The molecule has 1 saturated heterocycles. The molecule has 0 atom stereocenters. The second kappa shape index (κ2) is 7.11. The molecule has 2 heterocycles. The van der Waals surface area contributed by atoms with Crippen LogP contribution in [0.25, 0.3) is 10.9 Å². The van der Waals surface area contributed by atoms with Crippen molar-refractivity contribution >= 4 is 22.5 Å². The summed E-state index contributed by atoms with van der Waals surface area (Å²) in [5.41, 5.74) is 9.68. The van der Waals surface area contributed by atoms with Crippen LogP contribution in [0, 0.1) is 13.8 Å². The fourth-order valence-electron chi connectivity index (χ4n) is 2.79. The molecule has 0 bridgehead atoms. The smallest absolute Gasteiger partial charge is 0.274 e. The zero-order valence-corrected chi connectivity index (χ0v) is 14.1. The second-order valence-corrected chi connectivity index (χ2v) is 6.13. The van der Waals surface area contributed by atoms with Crippen LogP contribution in [0.15, 0.2) is 12.1 Å². The quantitative estimate of drug-likeness (QED) is 0.865. The lowest BCUT2D eigenvalue weighted by atomic mass is 10.0. The van der Waals surface area contributed by atoms with Crippen molar-refractivity contribution in [1.29, 1.82) is 0 Å². The third kappa shape index (κ3) is 3.47. The average Bonchev–Trinajstić information content (AvgIpc) is 2.58. The van der Waals surface area contributed by atoms with Crippen molar-refractivity contribution < 1.29 is 9.53 Å². The lowest BCUT2D eigenvalue weighted by molar-refractivity contribution is 0.0383. The second-order valence-electron chi connectivity index (χ2n) is 6.13. The number of nitrogens with two attached hydrogens (primary N) is 1. The third-order valence-electron chi connectivity index (χ3n) is 4.45. The van der Waals surface area contributed by atoms with E-state index in [1.807, 2.05) is 26.0 Å². The number of hydrogen-bond donors (Lipinski definition) is 2. The standard InChI is InChI=1S/C17H23N5O2/c1-11-9-13-14(10-12(11)2)20-21-16(15(13)18)17(23)19-3-4-22-5-7-24-8-6-22/h9-10H,3-8H2,1-2H3,(H2,18,20)(H,19,23). The maximum atomic E-state index is 12.4. The van der Waals surface area contributed by atoms with Crippen LogP contribution >= 0.6 is 0 Å². The van der Waals surface area contributed by atoms with Gasteiger partial charge in [-0.05, 0) is 37.1 Å². The van der Waals surface area contributed by atoms with Gasteiger partial charge < -0.3 is 15.8 Å². The van der Waals surface area contributed by atoms with E-state index in [0.717, 1.165) is 49.4 Å². The number of anilines is 1. The molecule has 2 aromatic rings. The molecule has 0 unspecified atom stereocenters. The summed E-state index contributed by atoms with van der Waals surface area (Å²) in [5.74, 6) is -0.284. The van der Waals surface area contributed by atoms with Gasteiger partial charge in [-0.3, -0.25) is 9.69 Å². The molecule has 7 nitrogen and oxygen atoms in total. The Labute approximate surface area is 141 Å². The highest BCUT2D eigenvalue weighted by Gasteiger charge is 2.16. The number of rotatable bonds is 4. The molecule has 3 N–H and O–H groups in total. The summed E-state index contributed by atoms with van der Waals surface area (Å²) in [6.45, 7) is 8.64. The third-order valence-corrected chi connectivity index (χ3v) is 4.45. The van der Waals surface area contributed by atoms with Gasteiger partial charge in [-0.1, -0.05) is 0 Å². The number of nitrogen functional groups attached to an aromatic ring is 1. The number of carbonyl (C=O) groups excluding carboxylic acids is 1. The number of morpholine rings is 1. The lowest BCUT2D eigenvalue weighted by Gasteiger charge is -2.26. The van der Waals surface area contributed by atoms with Crippen LogP contribution in [0.2, 0.25) is 0 Å². The minimum Gasteiger partial charge on any atom is -0.396 e. The molecule has 7 heteroatoms. The first-order valence-corrected chi connectivity index (χ1v) is 8.17. The summed E-state index contributed by atoms with van der Waals surface area (Å²) in [6.07, 6.45) is 0. The van der Waals surface area contributed by atoms with Crippen LogP contribution in [0.3, 0.4) is 0 Å². The number of aromatic nitrogens is 2. The summed E-state index contributed by atoms with van der Waals surface area (Å²) < 4.78 is 5.31. The van der Waals surface area contributed by atoms with Gasteiger partial charge in [-0.2, -0.15) is 0 Å². The minimum atomic E-state index is -0.284. The monoisotopic (exact) mass is 329 g/mol. The molecular formula is C17H23N5O2. The van der Waals surface area contributed by atoms with Gasteiger partial charge in [0.25, 0.3) is 5.91 Å². The van der Waals surface area contributed by atoms with Crippen molar-refractivity contribution in [3.8, 4) is 0 Å². The first-order valence-electron chi connectivity index (χ1n) is 8.17. The average molecular weight is 329 g/mol. The molecular weight excluding hydrogens is 306 g/mol. The number of amides is 1. The zero-order chi connectivity index (χ0) is 17.1. The van der Waals surface area contributed by atoms with E-state index in [0.29, 0.717) is 17.7 Å². The highest BCUT2D eigenvalue weighted by molar-refractivity contribution is 6.04. The Balaban J connectivity index is 1.70. The van der Waals surface area contributed by atoms with E-state index in [-0.39, 0.29) is 11.6 Å². The van der Waals surface area contributed by atoms with E-state index in [1.165, 1.54) is 0 Å². The van der Waals surface area contributed by atoms with Gasteiger partial charge in [0.05, 0.1) is 24.4 Å². The first kappa shape index (κ1) is 16.6. The number of hydrogen-bond acceptors (Lipinski definition) is 6. The van der Waals surface area contributed by atoms with Crippen LogP contribution in [0.5, 0.6) is 0 Å². The topological polar surface area (TPSA) is 93.4 Å². The van der Waals surface area contributed by atoms with E-state index >= 15 is 0 Å².